The summed E-state index contributed by atoms with van der Waals surface area (Å²) < 4.78 is 0. The van der Waals surface area contributed by atoms with Crippen LogP contribution < -0.4 is 5.32 Å². The fraction of sp³-hybridized carbons (Fsp3) is 0.222. The lowest BCUT2D eigenvalue weighted by molar-refractivity contribution is -0.132. The van der Waals surface area contributed by atoms with Crippen molar-refractivity contribution in [1.29, 1.82) is 0 Å². The molecule has 3 rings (SSSR count). The molecule has 1 N–H and O–H groups in total. The fourth-order valence-electron chi connectivity index (χ4n) is 2.95. The van der Waals surface area contributed by atoms with Crippen molar-refractivity contribution in [3.8, 4) is 0 Å². The summed E-state index contributed by atoms with van der Waals surface area (Å²) in [5, 5.41) is 3.79. The van der Waals surface area contributed by atoms with Gasteiger partial charge in [0.05, 0.1) is 6.54 Å². The molecule has 1 fully saturated rings. The molecular weight excluding hydrogens is 347 g/mol. The monoisotopic (exact) mass is 362 g/mol. The summed E-state index contributed by atoms with van der Waals surface area (Å²) in [5.74, 6) is -0.271. The lowest BCUT2D eigenvalue weighted by atomic mass is 9.87. The van der Waals surface area contributed by atoms with Crippen molar-refractivity contribution in [3.05, 3.63) is 69.7 Å². The van der Waals surface area contributed by atoms with Gasteiger partial charge in [-0.2, -0.15) is 0 Å². The van der Waals surface area contributed by atoms with Gasteiger partial charge in [0.25, 0.3) is 5.91 Å². The summed E-state index contributed by atoms with van der Waals surface area (Å²) >= 11 is 12.1. The van der Waals surface area contributed by atoms with Crippen LogP contribution in [0.15, 0.2) is 48.5 Å². The molecule has 1 atom stereocenters. The highest BCUT2D eigenvalue weighted by atomic mass is 35.5. The Labute approximate surface area is 150 Å². The number of imide groups is 1. The molecule has 0 spiro atoms. The van der Waals surface area contributed by atoms with E-state index in [0.717, 1.165) is 5.56 Å². The number of nitrogens with one attached hydrogen (secondary N) is 1. The first-order valence-corrected chi connectivity index (χ1v) is 8.37. The Morgan fingerprint density at radius 1 is 1.08 bits per heavy atom. The second kappa shape index (κ2) is 6.46. The smallest absolute Gasteiger partial charge is 0.319 e. The van der Waals surface area contributed by atoms with Gasteiger partial charge in [0.2, 0.25) is 0 Å². The van der Waals surface area contributed by atoms with Gasteiger partial charge in [0.15, 0.2) is 0 Å². The zero-order chi connectivity index (χ0) is 17.3. The van der Waals surface area contributed by atoms with Crippen LogP contribution in [-0.2, 0) is 16.9 Å². The molecule has 3 amide bonds. The molecule has 1 aliphatic rings. The van der Waals surface area contributed by atoms with Crippen LogP contribution in [-0.4, -0.2) is 16.8 Å². The van der Waals surface area contributed by atoms with E-state index in [1.807, 2.05) is 37.3 Å². The average molecular weight is 363 g/mol. The zero-order valence-electron chi connectivity index (χ0n) is 13.1. The molecule has 6 heteroatoms. The molecule has 2 aromatic rings. The molecule has 1 aliphatic heterocycles. The first-order valence-electron chi connectivity index (χ1n) is 7.61. The van der Waals surface area contributed by atoms with Gasteiger partial charge in [0.1, 0.15) is 5.54 Å². The number of hydrogen-bond acceptors (Lipinski definition) is 2. The topological polar surface area (TPSA) is 49.4 Å². The quantitative estimate of drug-likeness (QED) is 0.821. The lowest BCUT2D eigenvalue weighted by Gasteiger charge is -2.25. The van der Waals surface area contributed by atoms with Crippen LogP contribution in [0.4, 0.5) is 4.79 Å². The molecule has 1 saturated heterocycles. The van der Waals surface area contributed by atoms with E-state index >= 15 is 0 Å². The van der Waals surface area contributed by atoms with Crippen LogP contribution in [0.3, 0.4) is 0 Å². The molecule has 0 aromatic heterocycles. The van der Waals surface area contributed by atoms with Crippen molar-refractivity contribution >= 4 is 35.1 Å². The van der Waals surface area contributed by atoms with Crippen LogP contribution in [0.5, 0.6) is 0 Å². The number of carbonyl (C=O) groups is 2. The Hall–Kier alpha value is -2.04. The first-order chi connectivity index (χ1) is 11.5. The molecule has 24 heavy (non-hydrogen) atoms. The summed E-state index contributed by atoms with van der Waals surface area (Å²) in [6.07, 6.45) is 0.465. The minimum atomic E-state index is -1.03. The van der Waals surface area contributed by atoms with Gasteiger partial charge < -0.3 is 5.32 Å². The molecule has 0 aliphatic carbocycles. The summed E-state index contributed by atoms with van der Waals surface area (Å²) in [7, 11) is 0. The summed E-state index contributed by atoms with van der Waals surface area (Å²) in [5.41, 5.74) is 0.414. The Bertz CT molecular complexity index is 795. The predicted molar refractivity (Wildman–Crippen MR) is 94.0 cm³/mol. The minimum absolute atomic E-state index is 0.106. The van der Waals surface area contributed by atoms with E-state index in [2.05, 4.69) is 5.32 Å². The van der Waals surface area contributed by atoms with Gasteiger partial charge in [-0.05, 0) is 29.7 Å². The van der Waals surface area contributed by atoms with Crippen molar-refractivity contribution in [2.24, 2.45) is 0 Å². The largest absolute Gasteiger partial charge is 0.325 e. The number of carbonyl (C=O) groups excluding carboxylic acids is 2. The summed E-state index contributed by atoms with van der Waals surface area (Å²) in [6, 6.07) is 13.9. The Balaban J connectivity index is 1.94. The highest BCUT2D eigenvalue weighted by Gasteiger charge is 2.51. The minimum Gasteiger partial charge on any atom is -0.319 e. The third-order valence-corrected chi connectivity index (χ3v) is 4.90. The standard InChI is InChI=1S/C18H16Cl2N2O2/c1-2-18(13-6-4-3-5-7-13)16(23)22(17(24)21-18)11-12-8-9-14(19)10-15(12)20/h3-10H,2,11H2,1H3,(H,21,24)/t18-/m1/s1. The van der Waals surface area contributed by atoms with Gasteiger partial charge in [-0.3, -0.25) is 9.69 Å². The van der Waals surface area contributed by atoms with Crippen LogP contribution in [0.25, 0.3) is 0 Å². The Morgan fingerprint density at radius 2 is 1.79 bits per heavy atom. The number of urea groups is 1. The van der Waals surface area contributed by atoms with E-state index in [4.69, 9.17) is 23.2 Å². The predicted octanol–water partition coefficient (Wildman–Crippen LogP) is 4.35. The number of nitrogens with zero attached hydrogens (tertiary/aromatic N) is 1. The highest BCUT2D eigenvalue weighted by Crippen LogP contribution is 2.34. The van der Waals surface area contributed by atoms with Crippen LogP contribution >= 0.6 is 23.2 Å². The second-order valence-corrected chi connectivity index (χ2v) is 6.53. The number of amides is 3. The van der Waals surface area contributed by atoms with Gasteiger partial charge in [-0.1, -0.05) is 66.5 Å². The van der Waals surface area contributed by atoms with Crippen LogP contribution in [0, 0.1) is 0 Å². The van der Waals surface area contributed by atoms with E-state index in [1.54, 1.807) is 18.2 Å². The van der Waals surface area contributed by atoms with E-state index < -0.39 is 11.6 Å². The van der Waals surface area contributed by atoms with Crippen molar-refractivity contribution in [2.45, 2.75) is 25.4 Å². The van der Waals surface area contributed by atoms with Gasteiger partial charge in [0, 0.05) is 10.0 Å². The van der Waals surface area contributed by atoms with Gasteiger partial charge in [-0.25, -0.2) is 4.79 Å². The first kappa shape index (κ1) is 16.8. The molecule has 0 radical (unpaired) electrons. The number of halogens is 2. The normalized spacial score (nSPS) is 20.4. The lowest BCUT2D eigenvalue weighted by Crippen LogP contribution is -2.43. The molecule has 0 bridgehead atoms. The summed E-state index contributed by atoms with van der Waals surface area (Å²) in [6.45, 7) is 1.99. The number of rotatable bonds is 4. The van der Waals surface area contributed by atoms with Crippen LogP contribution in [0.1, 0.15) is 24.5 Å². The van der Waals surface area contributed by atoms with Crippen LogP contribution in [0.2, 0.25) is 10.0 Å². The van der Waals surface area contributed by atoms with E-state index in [0.29, 0.717) is 22.0 Å². The molecule has 124 valence electrons. The maximum absolute atomic E-state index is 13.0. The molecule has 0 unspecified atom stereocenters. The maximum atomic E-state index is 13.0. The Morgan fingerprint density at radius 3 is 2.42 bits per heavy atom. The molecule has 1 heterocycles. The second-order valence-electron chi connectivity index (χ2n) is 5.68. The van der Waals surface area contributed by atoms with E-state index in [9.17, 15) is 9.59 Å². The van der Waals surface area contributed by atoms with Crippen molar-refractivity contribution < 1.29 is 9.59 Å². The Kier molecular flexibility index (Phi) is 4.52. The molecule has 0 saturated carbocycles. The third kappa shape index (κ3) is 2.76. The van der Waals surface area contributed by atoms with Crippen molar-refractivity contribution in [2.75, 3.05) is 0 Å². The highest BCUT2D eigenvalue weighted by molar-refractivity contribution is 6.35. The maximum Gasteiger partial charge on any atom is 0.325 e. The molecule has 2 aromatic carbocycles. The molecular formula is C18H16Cl2N2O2. The van der Waals surface area contributed by atoms with E-state index in [-0.39, 0.29) is 12.5 Å². The zero-order valence-corrected chi connectivity index (χ0v) is 14.6. The van der Waals surface area contributed by atoms with Gasteiger partial charge >= 0.3 is 6.03 Å². The SMILES string of the molecule is CC[C@]1(c2ccccc2)NC(=O)N(Cc2ccc(Cl)cc2Cl)C1=O. The molecule has 4 nitrogen and oxygen atoms in total. The number of hydrogen-bond donors (Lipinski definition) is 1. The number of benzene rings is 2. The van der Waals surface area contributed by atoms with E-state index in [1.165, 1.54) is 4.90 Å². The summed E-state index contributed by atoms with van der Waals surface area (Å²) in [4.78, 5) is 26.7. The fourth-order valence-corrected chi connectivity index (χ4v) is 3.42. The van der Waals surface area contributed by atoms with Crippen molar-refractivity contribution in [3.63, 3.8) is 0 Å². The third-order valence-electron chi connectivity index (χ3n) is 4.32. The van der Waals surface area contributed by atoms with Crippen molar-refractivity contribution in [1.82, 2.24) is 10.2 Å². The van der Waals surface area contributed by atoms with Gasteiger partial charge in [-0.15, -0.1) is 0 Å². The average Bonchev–Trinajstić information content (AvgIpc) is 2.83.